The number of anilines is 1. The molecule has 140 valence electrons. The summed E-state index contributed by atoms with van der Waals surface area (Å²) in [4.78, 5) is 13.0. The van der Waals surface area contributed by atoms with E-state index in [1.54, 1.807) is 0 Å². The molecule has 0 fully saturated rings. The third-order valence-corrected chi connectivity index (χ3v) is 4.97. The Hall–Kier alpha value is -3.47. The highest BCUT2D eigenvalue weighted by atomic mass is 16.5. The normalized spacial score (nSPS) is 13.9. The standard InChI is InChI=1S/C23H19NO4/c25-23(21-19-11-13-26-20(19)14-15-10-12-27-22(15)21)24-16-6-8-18(9-7-16)28-17-4-2-1-3-5-17/h1-9,14H,10-13H2,(H,24,25). The Kier molecular flexibility index (Phi) is 4.13. The molecule has 3 aromatic carbocycles. The quantitative estimate of drug-likeness (QED) is 0.726. The van der Waals surface area contributed by atoms with Gasteiger partial charge in [-0.1, -0.05) is 18.2 Å². The first kappa shape index (κ1) is 16.7. The zero-order valence-electron chi connectivity index (χ0n) is 15.2. The van der Waals surface area contributed by atoms with Crippen LogP contribution >= 0.6 is 0 Å². The second-order valence-electron chi connectivity index (χ2n) is 6.81. The SMILES string of the molecule is O=C(Nc1ccc(Oc2ccccc2)cc1)c1c2c(cc3c1OCC3)OCC2. The molecule has 0 unspecified atom stereocenters. The topological polar surface area (TPSA) is 56.8 Å². The van der Waals surface area contributed by atoms with Crippen molar-refractivity contribution >= 4 is 11.6 Å². The van der Waals surface area contributed by atoms with E-state index in [0.717, 1.165) is 35.5 Å². The summed E-state index contributed by atoms with van der Waals surface area (Å²) in [6, 6.07) is 18.9. The zero-order chi connectivity index (χ0) is 18.9. The Morgan fingerprint density at radius 1 is 0.893 bits per heavy atom. The lowest BCUT2D eigenvalue weighted by molar-refractivity contribution is 0.102. The fraction of sp³-hybridized carbons (Fsp3) is 0.174. The number of rotatable bonds is 4. The molecule has 0 aliphatic carbocycles. The van der Waals surface area contributed by atoms with Crippen LogP contribution in [0, 0.1) is 0 Å². The molecule has 0 atom stereocenters. The zero-order valence-corrected chi connectivity index (χ0v) is 15.2. The molecule has 1 N–H and O–H groups in total. The number of carbonyl (C=O) groups excluding carboxylic acids is 1. The van der Waals surface area contributed by atoms with E-state index >= 15 is 0 Å². The predicted molar refractivity (Wildman–Crippen MR) is 106 cm³/mol. The fourth-order valence-electron chi connectivity index (χ4n) is 3.65. The van der Waals surface area contributed by atoms with E-state index in [2.05, 4.69) is 5.32 Å². The first-order valence-corrected chi connectivity index (χ1v) is 9.36. The van der Waals surface area contributed by atoms with Gasteiger partial charge in [0, 0.05) is 29.7 Å². The lowest BCUT2D eigenvalue weighted by Crippen LogP contribution is -2.15. The van der Waals surface area contributed by atoms with Crippen molar-refractivity contribution in [2.45, 2.75) is 12.8 Å². The van der Waals surface area contributed by atoms with Gasteiger partial charge in [0.25, 0.3) is 5.91 Å². The number of ether oxygens (including phenoxy) is 3. The summed E-state index contributed by atoms with van der Waals surface area (Å²) >= 11 is 0. The number of para-hydroxylation sites is 1. The van der Waals surface area contributed by atoms with Gasteiger partial charge in [0.2, 0.25) is 0 Å². The molecule has 0 radical (unpaired) electrons. The molecule has 1 amide bonds. The molecule has 0 saturated heterocycles. The van der Waals surface area contributed by atoms with Crippen LogP contribution in [0.3, 0.4) is 0 Å². The Morgan fingerprint density at radius 3 is 2.46 bits per heavy atom. The Balaban J connectivity index is 1.37. The highest BCUT2D eigenvalue weighted by molar-refractivity contribution is 6.08. The highest BCUT2D eigenvalue weighted by Crippen LogP contribution is 2.40. The molecule has 28 heavy (non-hydrogen) atoms. The lowest BCUT2D eigenvalue weighted by atomic mass is 9.99. The molecular formula is C23H19NO4. The van der Waals surface area contributed by atoms with E-state index in [1.807, 2.05) is 60.7 Å². The summed E-state index contributed by atoms with van der Waals surface area (Å²) in [7, 11) is 0. The first-order chi connectivity index (χ1) is 13.8. The number of fused-ring (bicyclic) bond motifs is 2. The first-order valence-electron chi connectivity index (χ1n) is 9.36. The number of nitrogens with one attached hydrogen (secondary N) is 1. The molecule has 0 spiro atoms. The minimum Gasteiger partial charge on any atom is -0.493 e. The van der Waals surface area contributed by atoms with Gasteiger partial charge in [0.05, 0.1) is 18.8 Å². The van der Waals surface area contributed by atoms with Gasteiger partial charge in [-0.15, -0.1) is 0 Å². The maximum absolute atomic E-state index is 13.0. The third-order valence-electron chi connectivity index (χ3n) is 4.97. The van der Waals surface area contributed by atoms with Crippen molar-refractivity contribution in [1.29, 1.82) is 0 Å². The minimum absolute atomic E-state index is 0.169. The molecule has 2 aliphatic heterocycles. The van der Waals surface area contributed by atoms with Crippen LogP contribution in [0.25, 0.3) is 0 Å². The van der Waals surface area contributed by atoms with E-state index in [4.69, 9.17) is 14.2 Å². The van der Waals surface area contributed by atoms with E-state index in [9.17, 15) is 4.79 Å². The highest BCUT2D eigenvalue weighted by Gasteiger charge is 2.30. The predicted octanol–water partition coefficient (Wildman–Crippen LogP) is 4.60. The number of amides is 1. The Morgan fingerprint density at radius 2 is 1.64 bits per heavy atom. The second-order valence-corrected chi connectivity index (χ2v) is 6.81. The van der Waals surface area contributed by atoms with Gasteiger partial charge in [-0.3, -0.25) is 4.79 Å². The molecule has 5 nitrogen and oxygen atoms in total. The smallest absolute Gasteiger partial charge is 0.259 e. The van der Waals surface area contributed by atoms with E-state index in [0.29, 0.717) is 36.0 Å². The molecule has 0 bridgehead atoms. The van der Waals surface area contributed by atoms with Crippen LogP contribution in [0.1, 0.15) is 21.5 Å². The maximum atomic E-state index is 13.0. The van der Waals surface area contributed by atoms with Crippen LogP contribution in [-0.2, 0) is 12.8 Å². The average Bonchev–Trinajstić information content (AvgIpc) is 3.37. The van der Waals surface area contributed by atoms with Crippen molar-refractivity contribution in [3.8, 4) is 23.0 Å². The summed E-state index contributed by atoms with van der Waals surface area (Å²) < 4.78 is 17.2. The number of hydrogen-bond donors (Lipinski definition) is 1. The second kappa shape index (κ2) is 6.93. The van der Waals surface area contributed by atoms with Gasteiger partial charge < -0.3 is 19.5 Å². The van der Waals surface area contributed by atoms with Crippen LogP contribution in [0.15, 0.2) is 60.7 Å². The summed E-state index contributed by atoms with van der Waals surface area (Å²) in [6.07, 6.45) is 1.52. The molecule has 0 aromatic heterocycles. The fourth-order valence-corrected chi connectivity index (χ4v) is 3.65. The van der Waals surface area contributed by atoms with Crippen LogP contribution in [0.2, 0.25) is 0 Å². The monoisotopic (exact) mass is 373 g/mol. The molecular weight excluding hydrogens is 354 g/mol. The molecule has 2 aliphatic rings. The number of hydrogen-bond acceptors (Lipinski definition) is 4. The Bertz CT molecular complexity index is 996. The molecule has 5 rings (SSSR count). The van der Waals surface area contributed by atoms with E-state index < -0.39 is 0 Å². The van der Waals surface area contributed by atoms with Crippen molar-refractivity contribution in [3.05, 3.63) is 77.4 Å². The lowest BCUT2D eigenvalue weighted by Gasteiger charge is -2.13. The molecule has 3 aromatic rings. The van der Waals surface area contributed by atoms with Crippen LogP contribution < -0.4 is 19.5 Å². The van der Waals surface area contributed by atoms with E-state index in [-0.39, 0.29) is 5.91 Å². The summed E-state index contributed by atoms with van der Waals surface area (Å²) in [5, 5.41) is 2.98. The van der Waals surface area contributed by atoms with Crippen LogP contribution in [0.4, 0.5) is 5.69 Å². The van der Waals surface area contributed by atoms with Gasteiger partial charge in [-0.25, -0.2) is 0 Å². The molecule has 0 saturated carbocycles. The van der Waals surface area contributed by atoms with Crippen LogP contribution in [0.5, 0.6) is 23.0 Å². The molecule has 2 heterocycles. The van der Waals surface area contributed by atoms with E-state index in [1.165, 1.54) is 0 Å². The number of carbonyl (C=O) groups is 1. The van der Waals surface area contributed by atoms with Crippen molar-refractivity contribution in [2.24, 2.45) is 0 Å². The van der Waals surface area contributed by atoms with Gasteiger partial charge in [-0.05, 0) is 42.5 Å². The molecule has 5 heteroatoms. The van der Waals surface area contributed by atoms with Crippen molar-refractivity contribution < 1.29 is 19.0 Å². The van der Waals surface area contributed by atoms with Gasteiger partial charge in [0.15, 0.2) is 0 Å². The minimum atomic E-state index is -0.169. The summed E-state index contributed by atoms with van der Waals surface area (Å²) in [6.45, 7) is 1.20. The van der Waals surface area contributed by atoms with Crippen LogP contribution in [-0.4, -0.2) is 19.1 Å². The van der Waals surface area contributed by atoms with Gasteiger partial charge in [0.1, 0.15) is 23.0 Å². The largest absolute Gasteiger partial charge is 0.493 e. The average molecular weight is 373 g/mol. The summed E-state index contributed by atoms with van der Waals surface area (Å²) in [5.41, 5.74) is 3.28. The Labute approximate surface area is 162 Å². The van der Waals surface area contributed by atoms with Crippen molar-refractivity contribution in [3.63, 3.8) is 0 Å². The van der Waals surface area contributed by atoms with Crippen molar-refractivity contribution in [2.75, 3.05) is 18.5 Å². The van der Waals surface area contributed by atoms with Crippen molar-refractivity contribution in [1.82, 2.24) is 0 Å². The summed E-state index contributed by atoms with van der Waals surface area (Å²) in [5.74, 6) is 2.82. The maximum Gasteiger partial charge on any atom is 0.259 e. The number of benzene rings is 3. The third kappa shape index (κ3) is 3.05. The van der Waals surface area contributed by atoms with Gasteiger partial charge in [-0.2, -0.15) is 0 Å². The van der Waals surface area contributed by atoms with Gasteiger partial charge >= 0.3 is 0 Å².